The Hall–Kier alpha value is -1.11. The number of pyridine rings is 1. The van der Waals surface area contributed by atoms with Crippen LogP contribution in [0.4, 0.5) is 4.39 Å². The summed E-state index contributed by atoms with van der Waals surface area (Å²) in [6, 6.07) is 1.29. The minimum atomic E-state index is -1.51. The third kappa shape index (κ3) is 3.69. The zero-order valence-electron chi connectivity index (χ0n) is 9.94. The van der Waals surface area contributed by atoms with Crippen LogP contribution in [0.3, 0.4) is 0 Å². The molecule has 0 aliphatic heterocycles. The molecule has 0 aliphatic carbocycles. The third-order valence-electron chi connectivity index (χ3n) is 2.22. The fraction of sp³-hybridized carbons (Fsp3) is 0.364. The summed E-state index contributed by atoms with van der Waals surface area (Å²) in [4.78, 5) is 3.79. The highest BCUT2D eigenvalue weighted by molar-refractivity contribution is 7.90. The van der Waals surface area contributed by atoms with Gasteiger partial charge in [-0.2, -0.15) is 5.14 Å². The SMILES string of the molecule is COc1ncc(F)cc1C=CC(C)(C)[S+](N)[O-]. The monoisotopic (exact) mass is 258 g/mol. The van der Waals surface area contributed by atoms with Crippen molar-refractivity contribution in [2.45, 2.75) is 18.6 Å². The van der Waals surface area contributed by atoms with Gasteiger partial charge in [-0.25, -0.2) is 9.37 Å². The van der Waals surface area contributed by atoms with E-state index < -0.39 is 21.9 Å². The van der Waals surface area contributed by atoms with Crippen molar-refractivity contribution in [2.24, 2.45) is 5.14 Å². The van der Waals surface area contributed by atoms with Gasteiger partial charge in [-0.3, -0.25) is 0 Å². The van der Waals surface area contributed by atoms with E-state index in [9.17, 15) is 8.94 Å². The van der Waals surface area contributed by atoms with Crippen LogP contribution in [0.15, 0.2) is 18.3 Å². The van der Waals surface area contributed by atoms with Gasteiger partial charge < -0.3 is 9.29 Å². The van der Waals surface area contributed by atoms with Crippen LogP contribution < -0.4 is 9.88 Å². The summed E-state index contributed by atoms with van der Waals surface area (Å²) in [6.45, 7) is 3.44. The second-order valence-corrected chi connectivity index (χ2v) is 5.63. The van der Waals surface area contributed by atoms with Crippen LogP contribution in [-0.4, -0.2) is 21.4 Å². The lowest BCUT2D eigenvalue weighted by atomic mass is 10.1. The van der Waals surface area contributed by atoms with E-state index in [2.05, 4.69) is 4.98 Å². The molecule has 6 heteroatoms. The Kier molecular flexibility index (Phi) is 4.50. The predicted octanol–water partition coefficient (Wildman–Crippen LogP) is 1.64. The summed E-state index contributed by atoms with van der Waals surface area (Å²) in [5.74, 6) is -0.154. The molecule has 0 aromatic carbocycles. The molecule has 1 heterocycles. The molecule has 1 aromatic rings. The van der Waals surface area contributed by atoms with Crippen molar-refractivity contribution in [3.8, 4) is 5.88 Å². The highest BCUT2D eigenvalue weighted by atomic mass is 32.2. The predicted molar refractivity (Wildman–Crippen MR) is 66.2 cm³/mol. The molecule has 1 rings (SSSR count). The second kappa shape index (κ2) is 5.48. The highest BCUT2D eigenvalue weighted by Crippen LogP contribution is 2.21. The molecular weight excluding hydrogens is 243 g/mol. The topological polar surface area (TPSA) is 71.2 Å². The molecule has 0 saturated heterocycles. The van der Waals surface area contributed by atoms with Gasteiger partial charge in [-0.05, 0) is 32.1 Å². The number of rotatable bonds is 4. The van der Waals surface area contributed by atoms with Crippen LogP contribution in [-0.2, 0) is 11.4 Å². The molecule has 1 aromatic heterocycles. The zero-order chi connectivity index (χ0) is 13.1. The maximum atomic E-state index is 13.0. The number of hydrogen-bond donors (Lipinski definition) is 1. The van der Waals surface area contributed by atoms with E-state index in [1.54, 1.807) is 26.0 Å². The van der Waals surface area contributed by atoms with Gasteiger partial charge in [0.15, 0.2) is 4.75 Å². The van der Waals surface area contributed by atoms with E-state index in [-0.39, 0.29) is 0 Å². The quantitative estimate of drug-likeness (QED) is 0.833. The Morgan fingerprint density at radius 2 is 2.24 bits per heavy atom. The number of nitrogens with zero attached hydrogens (tertiary/aromatic N) is 1. The van der Waals surface area contributed by atoms with E-state index >= 15 is 0 Å². The van der Waals surface area contributed by atoms with Crippen molar-refractivity contribution >= 4 is 17.4 Å². The summed E-state index contributed by atoms with van der Waals surface area (Å²) in [5.41, 5.74) is 0.478. The Labute approximate surface area is 103 Å². The number of halogens is 1. The average molecular weight is 258 g/mol. The van der Waals surface area contributed by atoms with Crippen molar-refractivity contribution in [3.63, 3.8) is 0 Å². The van der Waals surface area contributed by atoms with E-state index in [1.165, 1.54) is 13.2 Å². The molecule has 0 fully saturated rings. The molecule has 0 saturated carbocycles. The van der Waals surface area contributed by atoms with Crippen molar-refractivity contribution in [1.82, 2.24) is 4.98 Å². The van der Waals surface area contributed by atoms with Crippen LogP contribution in [0, 0.1) is 5.82 Å². The fourth-order valence-corrected chi connectivity index (χ4v) is 1.29. The van der Waals surface area contributed by atoms with E-state index in [0.717, 1.165) is 6.20 Å². The first-order valence-corrected chi connectivity index (χ1v) is 6.13. The van der Waals surface area contributed by atoms with E-state index in [4.69, 9.17) is 9.88 Å². The summed E-state index contributed by atoms with van der Waals surface area (Å²) >= 11 is -1.51. The molecule has 0 radical (unpaired) electrons. The fourth-order valence-electron chi connectivity index (χ4n) is 1.09. The molecule has 94 valence electrons. The maximum absolute atomic E-state index is 13.0. The van der Waals surface area contributed by atoms with Crippen LogP contribution in [0.25, 0.3) is 6.08 Å². The Morgan fingerprint density at radius 3 is 2.76 bits per heavy atom. The first-order valence-electron chi connectivity index (χ1n) is 4.92. The summed E-state index contributed by atoms with van der Waals surface area (Å²) in [5, 5.41) is 5.33. The number of methoxy groups -OCH3 is 1. The van der Waals surface area contributed by atoms with Crippen LogP contribution in [0.5, 0.6) is 5.88 Å². The average Bonchev–Trinajstić information content (AvgIpc) is 2.26. The van der Waals surface area contributed by atoms with E-state index in [1.807, 2.05) is 0 Å². The molecule has 0 aliphatic rings. The highest BCUT2D eigenvalue weighted by Gasteiger charge is 2.26. The van der Waals surface area contributed by atoms with Gasteiger partial charge in [-0.15, -0.1) is 0 Å². The Balaban J connectivity index is 3.02. The maximum Gasteiger partial charge on any atom is 0.220 e. The van der Waals surface area contributed by atoms with Gasteiger partial charge in [-0.1, -0.05) is 0 Å². The minimum absolute atomic E-state index is 0.307. The van der Waals surface area contributed by atoms with Crippen LogP contribution in [0.2, 0.25) is 0 Å². The summed E-state index contributed by atoms with van der Waals surface area (Å²) < 4.78 is 28.5. The number of hydrogen-bond acceptors (Lipinski definition) is 4. The molecule has 4 nitrogen and oxygen atoms in total. The van der Waals surface area contributed by atoms with Crippen molar-refractivity contribution in [1.29, 1.82) is 0 Å². The largest absolute Gasteiger partial charge is 0.598 e. The van der Waals surface area contributed by atoms with E-state index in [0.29, 0.717) is 11.4 Å². The smallest absolute Gasteiger partial charge is 0.220 e. The van der Waals surface area contributed by atoms with Gasteiger partial charge in [0.25, 0.3) is 0 Å². The summed E-state index contributed by atoms with van der Waals surface area (Å²) in [6.07, 6.45) is 4.31. The molecule has 1 unspecified atom stereocenters. The molecule has 0 spiro atoms. The first kappa shape index (κ1) is 14.0. The van der Waals surface area contributed by atoms with Gasteiger partial charge >= 0.3 is 0 Å². The molecular formula is C11H15FN2O2S. The van der Waals surface area contributed by atoms with Crippen molar-refractivity contribution in [2.75, 3.05) is 7.11 Å². The lowest BCUT2D eigenvalue weighted by Crippen LogP contribution is -2.35. The van der Waals surface area contributed by atoms with Crippen molar-refractivity contribution < 1.29 is 13.7 Å². The lowest BCUT2D eigenvalue weighted by molar-refractivity contribution is 0.394. The molecule has 1 atom stereocenters. The molecule has 17 heavy (non-hydrogen) atoms. The van der Waals surface area contributed by atoms with Gasteiger partial charge in [0.2, 0.25) is 5.88 Å². The summed E-state index contributed by atoms with van der Waals surface area (Å²) in [7, 11) is 1.45. The standard InChI is InChI=1S/C11H15FN2O2S/c1-11(2,17(13)15)5-4-8-6-9(12)7-14-10(8)16-3/h4-7H,13H2,1-3H3. The van der Waals surface area contributed by atoms with Crippen LogP contribution >= 0.6 is 0 Å². The van der Waals surface area contributed by atoms with Crippen LogP contribution in [0.1, 0.15) is 19.4 Å². The van der Waals surface area contributed by atoms with Gasteiger partial charge in [0.1, 0.15) is 5.82 Å². The Bertz CT molecular complexity index is 422. The lowest BCUT2D eigenvalue weighted by Gasteiger charge is -2.20. The van der Waals surface area contributed by atoms with Gasteiger partial charge in [0.05, 0.1) is 13.3 Å². The number of aromatic nitrogens is 1. The molecule has 0 amide bonds. The zero-order valence-corrected chi connectivity index (χ0v) is 10.8. The third-order valence-corrected chi connectivity index (χ3v) is 3.39. The number of nitrogens with two attached hydrogens (primary N) is 1. The Morgan fingerprint density at radius 1 is 1.59 bits per heavy atom. The minimum Gasteiger partial charge on any atom is -0.598 e. The molecule has 2 N–H and O–H groups in total. The molecule has 0 bridgehead atoms. The van der Waals surface area contributed by atoms with Crippen molar-refractivity contribution in [3.05, 3.63) is 29.7 Å². The van der Waals surface area contributed by atoms with Gasteiger partial charge in [0, 0.05) is 16.9 Å². The second-order valence-electron chi connectivity index (χ2n) is 3.99. The first-order chi connectivity index (χ1) is 7.86. The normalized spacial score (nSPS) is 14.0. The number of ether oxygens (including phenoxy) is 1.